The minimum absolute atomic E-state index is 0.532. The smallest absolute Gasteiger partial charge is 0.174 e. The molecule has 0 spiro atoms. The lowest BCUT2D eigenvalue weighted by atomic mass is 10.2. The standard InChI is InChI=1S/C17H19ClN2S2/c18-15-9-3-4-10-16(15)19-17(21)20(13-6-1-2-7-13)12-14-8-5-11-22-14/h3-5,8-11,13H,1-2,6-7,12H2,(H,19,21). The molecule has 0 bridgehead atoms. The van der Waals surface area contributed by atoms with Gasteiger partial charge in [0, 0.05) is 10.9 Å². The minimum atomic E-state index is 0.532. The summed E-state index contributed by atoms with van der Waals surface area (Å²) in [6.45, 7) is 0.874. The number of anilines is 1. The molecule has 0 amide bonds. The summed E-state index contributed by atoms with van der Waals surface area (Å²) in [5.41, 5.74) is 0.878. The van der Waals surface area contributed by atoms with Crippen LogP contribution < -0.4 is 5.32 Å². The Morgan fingerprint density at radius 3 is 2.68 bits per heavy atom. The third kappa shape index (κ3) is 3.80. The van der Waals surface area contributed by atoms with Crippen molar-refractivity contribution in [1.29, 1.82) is 0 Å². The molecule has 2 aromatic rings. The number of para-hydroxylation sites is 1. The maximum Gasteiger partial charge on any atom is 0.174 e. The maximum atomic E-state index is 6.24. The summed E-state index contributed by atoms with van der Waals surface area (Å²) in [5, 5.41) is 6.92. The van der Waals surface area contributed by atoms with Crippen LogP contribution in [0.25, 0.3) is 0 Å². The highest BCUT2D eigenvalue weighted by Gasteiger charge is 2.25. The zero-order chi connectivity index (χ0) is 15.4. The molecule has 22 heavy (non-hydrogen) atoms. The number of thiocarbonyl (C=S) groups is 1. The molecule has 0 atom stereocenters. The van der Waals surface area contributed by atoms with E-state index >= 15 is 0 Å². The molecule has 1 heterocycles. The lowest BCUT2D eigenvalue weighted by molar-refractivity contribution is 0.314. The van der Waals surface area contributed by atoms with Gasteiger partial charge in [-0.15, -0.1) is 11.3 Å². The topological polar surface area (TPSA) is 15.3 Å². The zero-order valence-electron chi connectivity index (χ0n) is 12.3. The number of nitrogens with zero attached hydrogens (tertiary/aromatic N) is 1. The number of thiophene rings is 1. The molecule has 5 heteroatoms. The highest BCUT2D eigenvalue weighted by Crippen LogP contribution is 2.28. The predicted molar refractivity (Wildman–Crippen MR) is 99.8 cm³/mol. The molecule has 0 unspecified atom stereocenters. The molecule has 3 rings (SSSR count). The Morgan fingerprint density at radius 2 is 2.00 bits per heavy atom. The van der Waals surface area contributed by atoms with Gasteiger partial charge in [-0.1, -0.05) is 42.6 Å². The molecule has 1 fully saturated rings. The fourth-order valence-corrected chi connectivity index (χ4v) is 4.11. The molecule has 0 aliphatic heterocycles. The number of hydrogen-bond donors (Lipinski definition) is 1. The van der Waals surface area contributed by atoms with Gasteiger partial charge in [-0.3, -0.25) is 0 Å². The third-order valence-corrected chi connectivity index (χ3v) is 5.58. The summed E-state index contributed by atoms with van der Waals surface area (Å²) < 4.78 is 0. The van der Waals surface area contributed by atoms with Gasteiger partial charge in [-0.25, -0.2) is 0 Å². The van der Waals surface area contributed by atoms with Gasteiger partial charge >= 0.3 is 0 Å². The normalized spacial score (nSPS) is 15.0. The van der Waals surface area contributed by atoms with Gasteiger partial charge in [0.2, 0.25) is 0 Å². The average molecular weight is 351 g/mol. The average Bonchev–Trinajstić information content (AvgIpc) is 3.20. The van der Waals surface area contributed by atoms with Crippen LogP contribution in [0.4, 0.5) is 5.69 Å². The number of nitrogens with one attached hydrogen (secondary N) is 1. The molecular weight excluding hydrogens is 332 g/mol. The predicted octanol–water partition coefficient (Wildman–Crippen LogP) is 5.54. The van der Waals surface area contributed by atoms with Crippen LogP contribution in [0.1, 0.15) is 30.6 Å². The first kappa shape index (κ1) is 15.8. The summed E-state index contributed by atoms with van der Waals surface area (Å²) in [6, 6.07) is 12.5. The van der Waals surface area contributed by atoms with Crippen molar-refractivity contribution >= 4 is 46.0 Å². The van der Waals surface area contributed by atoms with Crippen LogP contribution >= 0.6 is 35.2 Å². The van der Waals surface area contributed by atoms with E-state index in [-0.39, 0.29) is 0 Å². The lowest BCUT2D eigenvalue weighted by Gasteiger charge is -2.31. The second-order valence-corrected chi connectivity index (χ2v) is 7.38. The van der Waals surface area contributed by atoms with Gasteiger partial charge in [0.15, 0.2) is 5.11 Å². The molecule has 1 aromatic heterocycles. The van der Waals surface area contributed by atoms with E-state index in [2.05, 4.69) is 27.7 Å². The summed E-state index contributed by atoms with van der Waals surface area (Å²) in [5.74, 6) is 0. The molecule has 1 saturated carbocycles. The quantitative estimate of drug-likeness (QED) is 0.728. The van der Waals surface area contributed by atoms with Crippen LogP contribution in [0.15, 0.2) is 41.8 Å². The Balaban J connectivity index is 1.75. The molecule has 1 aliphatic rings. The van der Waals surface area contributed by atoms with Crippen molar-refractivity contribution in [2.24, 2.45) is 0 Å². The summed E-state index contributed by atoms with van der Waals surface area (Å²) >= 11 is 13.7. The number of halogens is 1. The first-order chi connectivity index (χ1) is 10.7. The molecule has 1 aliphatic carbocycles. The summed E-state index contributed by atoms with van der Waals surface area (Å²) in [6.07, 6.45) is 5.02. The maximum absolute atomic E-state index is 6.24. The van der Waals surface area contributed by atoms with E-state index < -0.39 is 0 Å². The molecule has 0 radical (unpaired) electrons. The van der Waals surface area contributed by atoms with Crippen molar-refractivity contribution in [3.63, 3.8) is 0 Å². The van der Waals surface area contributed by atoms with Crippen LogP contribution in [-0.2, 0) is 6.54 Å². The van der Waals surface area contributed by atoms with E-state index in [1.807, 2.05) is 24.3 Å². The monoisotopic (exact) mass is 350 g/mol. The Morgan fingerprint density at radius 1 is 1.23 bits per heavy atom. The zero-order valence-corrected chi connectivity index (χ0v) is 14.7. The van der Waals surface area contributed by atoms with Crippen molar-refractivity contribution in [2.75, 3.05) is 5.32 Å². The molecule has 116 valence electrons. The number of benzene rings is 1. The molecule has 1 N–H and O–H groups in total. The van der Waals surface area contributed by atoms with Crippen molar-refractivity contribution in [3.05, 3.63) is 51.7 Å². The Kier molecular flexibility index (Phi) is 5.34. The van der Waals surface area contributed by atoms with Crippen LogP contribution in [0.5, 0.6) is 0 Å². The van der Waals surface area contributed by atoms with Gasteiger partial charge < -0.3 is 10.2 Å². The fraction of sp³-hybridized carbons (Fsp3) is 0.353. The van der Waals surface area contributed by atoms with Crippen molar-refractivity contribution < 1.29 is 0 Å². The van der Waals surface area contributed by atoms with Gasteiger partial charge in [-0.2, -0.15) is 0 Å². The Hall–Kier alpha value is -1.10. The van der Waals surface area contributed by atoms with E-state index in [1.165, 1.54) is 30.6 Å². The van der Waals surface area contributed by atoms with Gasteiger partial charge in [0.1, 0.15) is 0 Å². The molecule has 0 saturated heterocycles. The molecule has 2 nitrogen and oxygen atoms in total. The SMILES string of the molecule is S=C(Nc1ccccc1Cl)N(Cc1cccs1)C1CCCC1. The van der Waals surface area contributed by atoms with Crippen molar-refractivity contribution in [3.8, 4) is 0 Å². The van der Waals surface area contributed by atoms with E-state index in [4.69, 9.17) is 23.8 Å². The number of hydrogen-bond acceptors (Lipinski definition) is 2. The van der Waals surface area contributed by atoms with E-state index in [0.29, 0.717) is 11.1 Å². The highest BCUT2D eigenvalue weighted by atomic mass is 35.5. The minimum Gasteiger partial charge on any atom is -0.341 e. The lowest BCUT2D eigenvalue weighted by Crippen LogP contribution is -2.40. The molecular formula is C17H19ClN2S2. The highest BCUT2D eigenvalue weighted by molar-refractivity contribution is 7.80. The largest absolute Gasteiger partial charge is 0.341 e. The van der Waals surface area contributed by atoms with Gasteiger partial charge in [0.05, 0.1) is 17.3 Å². The second-order valence-electron chi connectivity index (χ2n) is 5.56. The van der Waals surface area contributed by atoms with Crippen molar-refractivity contribution in [2.45, 2.75) is 38.3 Å². The van der Waals surface area contributed by atoms with E-state index in [9.17, 15) is 0 Å². The van der Waals surface area contributed by atoms with Crippen molar-refractivity contribution in [1.82, 2.24) is 4.90 Å². The second kappa shape index (κ2) is 7.44. The summed E-state index contributed by atoms with van der Waals surface area (Å²) in [4.78, 5) is 3.67. The number of rotatable bonds is 4. The third-order valence-electron chi connectivity index (χ3n) is 4.05. The van der Waals surface area contributed by atoms with E-state index in [0.717, 1.165) is 17.3 Å². The summed E-state index contributed by atoms with van der Waals surface area (Å²) in [7, 11) is 0. The van der Waals surface area contributed by atoms with E-state index in [1.54, 1.807) is 11.3 Å². The first-order valence-corrected chi connectivity index (χ1v) is 9.25. The Labute approximate surface area is 146 Å². The van der Waals surface area contributed by atoms with Crippen LogP contribution in [0.2, 0.25) is 5.02 Å². The van der Waals surface area contributed by atoms with Crippen LogP contribution in [-0.4, -0.2) is 16.1 Å². The fourth-order valence-electron chi connectivity index (χ4n) is 2.90. The first-order valence-electron chi connectivity index (χ1n) is 7.58. The Bertz CT molecular complexity index is 621. The van der Waals surface area contributed by atoms with Gasteiger partial charge in [0.25, 0.3) is 0 Å². The molecule has 1 aromatic carbocycles. The van der Waals surface area contributed by atoms with Gasteiger partial charge in [-0.05, 0) is 48.6 Å². The van der Waals surface area contributed by atoms with Crippen LogP contribution in [0.3, 0.4) is 0 Å². The van der Waals surface area contributed by atoms with Crippen LogP contribution in [0, 0.1) is 0 Å².